The molecule has 2 aromatic rings. The first kappa shape index (κ1) is 26.1. The van der Waals surface area contributed by atoms with E-state index in [2.05, 4.69) is 5.32 Å². The van der Waals surface area contributed by atoms with Crippen molar-refractivity contribution in [1.82, 2.24) is 4.31 Å². The Morgan fingerprint density at radius 1 is 0.938 bits per heavy atom. The molecule has 0 aliphatic rings. The predicted molar refractivity (Wildman–Crippen MR) is 128 cm³/mol. The van der Waals surface area contributed by atoms with Gasteiger partial charge in [0.25, 0.3) is 0 Å². The zero-order valence-corrected chi connectivity index (χ0v) is 20.8. The molecule has 176 valence electrons. The van der Waals surface area contributed by atoms with E-state index in [0.29, 0.717) is 29.5 Å². The largest absolute Gasteiger partial charge is 0.324 e. The Balaban J connectivity index is 2.30. The van der Waals surface area contributed by atoms with Gasteiger partial charge >= 0.3 is 0 Å². The number of nitrogens with zero attached hydrogens (tertiary/aromatic N) is 2. The summed E-state index contributed by atoms with van der Waals surface area (Å²) in [5.74, 6) is -0.535. The number of hydrogen-bond donors (Lipinski definition) is 1. The van der Waals surface area contributed by atoms with Gasteiger partial charge in [0, 0.05) is 23.8 Å². The van der Waals surface area contributed by atoms with Crippen LogP contribution in [0.5, 0.6) is 0 Å². The maximum absolute atomic E-state index is 13.0. The predicted octanol–water partition coefficient (Wildman–Crippen LogP) is 3.55. The molecule has 1 N–H and O–H groups in total. The van der Waals surface area contributed by atoms with Crippen molar-refractivity contribution in [2.45, 2.75) is 38.1 Å². The van der Waals surface area contributed by atoms with Crippen LogP contribution in [0.1, 0.15) is 27.2 Å². The summed E-state index contributed by atoms with van der Waals surface area (Å²) in [5.41, 5.74) is 0.677. The number of hydrogen-bond acceptors (Lipinski definition) is 5. The molecule has 1 unspecified atom stereocenters. The quantitative estimate of drug-likeness (QED) is 0.536. The van der Waals surface area contributed by atoms with Gasteiger partial charge in [0.2, 0.25) is 26.0 Å². The van der Waals surface area contributed by atoms with Gasteiger partial charge in [-0.05, 0) is 55.0 Å². The van der Waals surface area contributed by atoms with E-state index in [9.17, 15) is 21.6 Å². The second-order valence-corrected chi connectivity index (χ2v) is 11.3. The van der Waals surface area contributed by atoms with Gasteiger partial charge in [0.15, 0.2) is 0 Å². The summed E-state index contributed by atoms with van der Waals surface area (Å²) in [6.45, 7) is 5.92. The van der Waals surface area contributed by atoms with Crippen LogP contribution in [-0.2, 0) is 24.8 Å². The standard InChI is InChI=1S/C21H28ClN3O5S2/c1-5-20(25(31(4,27)28)18-12-8-16(22)9-13-18)21(26)23-17-10-14-19(15-11-17)32(29,30)24(6-2)7-3/h8-15,20H,5-7H2,1-4H3,(H,23,26). The highest BCUT2D eigenvalue weighted by molar-refractivity contribution is 7.92. The monoisotopic (exact) mass is 501 g/mol. The molecule has 0 aliphatic heterocycles. The first-order valence-electron chi connectivity index (χ1n) is 10.1. The van der Waals surface area contributed by atoms with E-state index in [1.807, 2.05) is 0 Å². The van der Waals surface area contributed by atoms with Crippen LogP contribution in [0.3, 0.4) is 0 Å². The van der Waals surface area contributed by atoms with Crippen molar-refractivity contribution in [2.75, 3.05) is 29.0 Å². The van der Waals surface area contributed by atoms with Crippen molar-refractivity contribution < 1.29 is 21.6 Å². The van der Waals surface area contributed by atoms with E-state index in [0.717, 1.165) is 10.6 Å². The molecular formula is C21H28ClN3O5S2. The maximum Gasteiger partial charge on any atom is 0.248 e. The van der Waals surface area contributed by atoms with Gasteiger partial charge in [-0.2, -0.15) is 4.31 Å². The number of anilines is 2. The molecule has 1 atom stereocenters. The van der Waals surface area contributed by atoms with Crippen molar-refractivity contribution in [3.05, 3.63) is 53.6 Å². The topological polar surface area (TPSA) is 104 Å². The lowest BCUT2D eigenvalue weighted by Gasteiger charge is -2.30. The van der Waals surface area contributed by atoms with E-state index in [1.165, 1.54) is 40.7 Å². The third-order valence-electron chi connectivity index (χ3n) is 4.88. The molecule has 0 radical (unpaired) electrons. The van der Waals surface area contributed by atoms with Crippen LogP contribution in [-0.4, -0.2) is 52.4 Å². The molecule has 1 amide bonds. The summed E-state index contributed by atoms with van der Waals surface area (Å²) in [7, 11) is -7.39. The van der Waals surface area contributed by atoms with Crippen molar-refractivity contribution >= 4 is 48.9 Å². The first-order valence-corrected chi connectivity index (χ1v) is 13.8. The van der Waals surface area contributed by atoms with Crippen LogP contribution in [0.15, 0.2) is 53.4 Å². The van der Waals surface area contributed by atoms with Crippen LogP contribution in [0.4, 0.5) is 11.4 Å². The molecule has 0 spiro atoms. The molecule has 2 rings (SSSR count). The molecule has 0 heterocycles. The summed E-state index contributed by atoms with van der Waals surface area (Å²) in [6.07, 6.45) is 1.25. The summed E-state index contributed by atoms with van der Waals surface area (Å²) in [5, 5.41) is 3.13. The number of halogens is 1. The molecule has 8 nitrogen and oxygen atoms in total. The minimum absolute atomic E-state index is 0.116. The van der Waals surface area contributed by atoms with Crippen LogP contribution in [0.2, 0.25) is 5.02 Å². The summed E-state index contributed by atoms with van der Waals surface area (Å²) in [6, 6.07) is 10.9. The molecule has 32 heavy (non-hydrogen) atoms. The number of carbonyl (C=O) groups is 1. The molecule has 11 heteroatoms. The highest BCUT2D eigenvalue weighted by Gasteiger charge is 2.31. The Morgan fingerprint density at radius 2 is 1.47 bits per heavy atom. The lowest BCUT2D eigenvalue weighted by molar-refractivity contribution is -0.117. The Labute approximate surface area is 195 Å². The minimum atomic E-state index is -3.78. The summed E-state index contributed by atoms with van der Waals surface area (Å²) < 4.78 is 52.6. The van der Waals surface area contributed by atoms with E-state index >= 15 is 0 Å². The van der Waals surface area contributed by atoms with Crippen LogP contribution < -0.4 is 9.62 Å². The van der Waals surface area contributed by atoms with Crippen molar-refractivity contribution in [3.63, 3.8) is 0 Å². The lowest BCUT2D eigenvalue weighted by Crippen LogP contribution is -2.47. The number of nitrogens with one attached hydrogen (secondary N) is 1. The van der Waals surface area contributed by atoms with E-state index in [4.69, 9.17) is 11.6 Å². The van der Waals surface area contributed by atoms with E-state index in [1.54, 1.807) is 32.9 Å². The van der Waals surface area contributed by atoms with E-state index in [-0.39, 0.29) is 11.3 Å². The number of amides is 1. The third-order valence-corrected chi connectivity index (χ3v) is 8.37. The third kappa shape index (κ3) is 6.00. The molecular weight excluding hydrogens is 474 g/mol. The smallest absolute Gasteiger partial charge is 0.248 e. The number of benzene rings is 2. The molecule has 0 aliphatic carbocycles. The van der Waals surface area contributed by atoms with Gasteiger partial charge in [0.05, 0.1) is 16.8 Å². The van der Waals surface area contributed by atoms with Gasteiger partial charge < -0.3 is 5.32 Å². The number of sulfonamides is 2. The van der Waals surface area contributed by atoms with Gasteiger partial charge in [-0.25, -0.2) is 16.8 Å². The average Bonchev–Trinajstić information content (AvgIpc) is 2.73. The van der Waals surface area contributed by atoms with Crippen LogP contribution >= 0.6 is 11.6 Å². The fraction of sp³-hybridized carbons (Fsp3) is 0.381. The molecule has 0 saturated heterocycles. The zero-order valence-electron chi connectivity index (χ0n) is 18.4. The van der Waals surface area contributed by atoms with E-state index < -0.39 is 32.0 Å². The first-order chi connectivity index (χ1) is 14.9. The maximum atomic E-state index is 13.0. The normalized spacial score (nSPS) is 13.1. The molecule has 0 fully saturated rings. The molecule has 0 aromatic heterocycles. The summed E-state index contributed by atoms with van der Waals surface area (Å²) >= 11 is 5.90. The van der Waals surface area contributed by atoms with Crippen molar-refractivity contribution in [2.24, 2.45) is 0 Å². The van der Waals surface area contributed by atoms with Gasteiger partial charge in [-0.3, -0.25) is 9.10 Å². The minimum Gasteiger partial charge on any atom is -0.324 e. The van der Waals surface area contributed by atoms with Gasteiger partial charge in [0.1, 0.15) is 6.04 Å². The number of rotatable bonds is 10. The van der Waals surface area contributed by atoms with Crippen molar-refractivity contribution in [3.8, 4) is 0 Å². The fourth-order valence-electron chi connectivity index (χ4n) is 3.30. The summed E-state index contributed by atoms with van der Waals surface area (Å²) in [4.78, 5) is 13.1. The van der Waals surface area contributed by atoms with Crippen LogP contribution in [0, 0.1) is 0 Å². The Kier molecular flexibility index (Phi) is 8.69. The second-order valence-electron chi connectivity index (χ2n) is 7.06. The second kappa shape index (κ2) is 10.7. The molecule has 2 aromatic carbocycles. The van der Waals surface area contributed by atoms with Crippen molar-refractivity contribution in [1.29, 1.82) is 0 Å². The Hall–Kier alpha value is -2.14. The highest BCUT2D eigenvalue weighted by atomic mass is 35.5. The van der Waals surface area contributed by atoms with Crippen LogP contribution in [0.25, 0.3) is 0 Å². The average molecular weight is 502 g/mol. The highest BCUT2D eigenvalue weighted by Crippen LogP contribution is 2.25. The molecule has 0 saturated carbocycles. The Bertz CT molecular complexity index is 1130. The van der Waals surface area contributed by atoms with Gasteiger partial charge in [-0.15, -0.1) is 0 Å². The Morgan fingerprint density at radius 3 is 1.91 bits per heavy atom. The van der Waals surface area contributed by atoms with Gasteiger partial charge in [-0.1, -0.05) is 32.4 Å². The fourth-order valence-corrected chi connectivity index (χ4v) is 6.09. The molecule has 0 bridgehead atoms. The lowest BCUT2D eigenvalue weighted by atomic mass is 10.2. The SMILES string of the molecule is CCC(C(=O)Nc1ccc(S(=O)(=O)N(CC)CC)cc1)N(c1ccc(Cl)cc1)S(C)(=O)=O. The number of carbonyl (C=O) groups excluding carboxylic acids is 1. The zero-order chi connectivity index (χ0) is 24.1.